The van der Waals surface area contributed by atoms with Crippen LogP contribution < -0.4 is 0 Å². The van der Waals surface area contributed by atoms with E-state index in [-0.39, 0.29) is 5.78 Å². The lowest BCUT2D eigenvalue weighted by atomic mass is 10.0. The van der Waals surface area contributed by atoms with Crippen molar-refractivity contribution in [3.8, 4) is 0 Å². The monoisotopic (exact) mass is 217 g/mol. The van der Waals surface area contributed by atoms with Crippen molar-refractivity contribution in [2.24, 2.45) is 0 Å². The highest BCUT2D eigenvalue weighted by Gasteiger charge is 2.21. The van der Waals surface area contributed by atoms with E-state index in [1.54, 1.807) is 0 Å². The second-order valence-electron chi connectivity index (χ2n) is 4.02. The number of hydrogen-bond donors (Lipinski definition) is 1. The fraction of sp³-hybridized carbons (Fsp3) is 0.308. The SMILES string of the molecule is O=C1CCN(Cc2ccccc2)C/C1=C\O. The smallest absolute Gasteiger partial charge is 0.164 e. The number of nitrogens with zero attached hydrogens (tertiary/aromatic N) is 1. The van der Waals surface area contributed by atoms with Gasteiger partial charge in [-0.05, 0) is 5.56 Å². The largest absolute Gasteiger partial charge is 0.515 e. The highest BCUT2D eigenvalue weighted by molar-refractivity contribution is 5.96. The van der Waals surface area contributed by atoms with Gasteiger partial charge in [-0.3, -0.25) is 9.69 Å². The van der Waals surface area contributed by atoms with Crippen molar-refractivity contribution in [2.75, 3.05) is 13.1 Å². The fourth-order valence-electron chi connectivity index (χ4n) is 1.92. The van der Waals surface area contributed by atoms with Crippen molar-refractivity contribution in [3.63, 3.8) is 0 Å². The molecule has 0 saturated carbocycles. The summed E-state index contributed by atoms with van der Waals surface area (Å²) < 4.78 is 0. The first kappa shape index (κ1) is 10.9. The second kappa shape index (κ2) is 4.94. The van der Waals surface area contributed by atoms with Gasteiger partial charge >= 0.3 is 0 Å². The lowest BCUT2D eigenvalue weighted by molar-refractivity contribution is -0.117. The number of carbonyl (C=O) groups excluding carboxylic acids is 1. The Kier molecular flexibility index (Phi) is 3.37. The molecule has 0 unspecified atom stereocenters. The number of rotatable bonds is 2. The number of ketones is 1. The molecule has 84 valence electrons. The molecule has 1 fully saturated rings. The van der Waals surface area contributed by atoms with Gasteiger partial charge in [-0.1, -0.05) is 30.3 Å². The Bertz CT molecular complexity index is 398. The quantitative estimate of drug-likeness (QED) is 0.607. The van der Waals surface area contributed by atoms with Crippen LogP contribution in [-0.4, -0.2) is 28.9 Å². The van der Waals surface area contributed by atoms with E-state index in [9.17, 15) is 4.79 Å². The number of carbonyl (C=O) groups is 1. The van der Waals surface area contributed by atoms with E-state index in [2.05, 4.69) is 17.0 Å². The third kappa shape index (κ3) is 2.49. The molecule has 1 aliphatic heterocycles. The molecule has 0 aliphatic carbocycles. The van der Waals surface area contributed by atoms with E-state index < -0.39 is 0 Å². The summed E-state index contributed by atoms with van der Waals surface area (Å²) in [6.45, 7) is 2.14. The van der Waals surface area contributed by atoms with Crippen LogP contribution in [0, 0.1) is 0 Å². The maximum Gasteiger partial charge on any atom is 0.164 e. The molecule has 2 rings (SSSR count). The van der Waals surface area contributed by atoms with Crippen LogP contribution in [-0.2, 0) is 11.3 Å². The summed E-state index contributed by atoms with van der Waals surface area (Å²) in [5, 5.41) is 8.94. The van der Waals surface area contributed by atoms with Crippen LogP contribution in [0.2, 0.25) is 0 Å². The summed E-state index contributed by atoms with van der Waals surface area (Å²) in [4.78, 5) is 13.5. The molecule has 1 saturated heterocycles. The zero-order valence-corrected chi connectivity index (χ0v) is 9.10. The van der Waals surface area contributed by atoms with Gasteiger partial charge in [0.25, 0.3) is 0 Å². The lowest BCUT2D eigenvalue weighted by Crippen LogP contribution is -2.35. The molecule has 0 radical (unpaired) electrons. The van der Waals surface area contributed by atoms with Crippen LogP contribution in [0.4, 0.5) is 0 Å². The van der Waals surface area contributed by atoms with Crippen LogP contribution in [0.1, 0.15) is 12.0 Å². The molecule has 1 aromatic rings. The van der Waals surface area contributed by atoms with Crippen molar-refractivity contribution in [1.29, 1.82) is 0 Å². The molecule has 0 bridgehead atoms. The van der Waals surface area contributed by atoms with Crippen molar-refractivity contribution >= 4 is 5.78 Å². The van der Waals surface area contributed by atoms with Gasteiger partial charge in [-0.25, -0.2) is 0 Å². The van der Waals surface area contributed by atoms with Crippen molar-refractivity contribution in [1.82, 2.24) is 4.90 Å². The number of piperidine rings is 1. The van der Waals surface area contributed by atoms with Crippen molar-refractivity contribution < 1.29 is 9.90 Å². The van der Waals surface area contributed by atoms with E-state index in [4.69, 9.17) is 5.11 Å². The summed E-state index contributed by atoms with van der Waals surface area (Å²) >= 11 is 0. The Labute approximate surface area is 95.0 Å². The van der Waals surface area contributed by atoms with Gasteiger partial charge in [0.2, 0.25) is 0 Å². The van der Waals surface area contributed by atoms with Gasteiger partial charge in [-0.15, -0.1) is 0 Å². The molecule has 1 aliphatic rings. The predicted molar refractivity (Wildman–Crippen MR) is 62.1 cm³/mol. The van der Waals surface area contributed by atoms with Gasteiger partial charge in [0, 0.05) is 31.6 Å². The summed E-state index contributed by atoms with van der Waals surface area (Å²) in [5.41, 5.74) is 1.75. The Hall–Kier alpha value is -1.61. The maximum atomic E-state index is 11.4. The van der Waals surface area contributed by atoms with Crippen LogP contribution in [0.25, 0.3) is 0 Å². The van der Waals surface area contributed by atoms with E-state index in [0.29, 0.717) is 18.5 Å². The molecule has 16 heavy (non-hydrogen) atoms. The standard InChI is InChI=1S/C13H15NO2/c15-10-12-9-14(7-6-13(12)16)8-11-4-2-1-3-5-11/h1-5,10,15H,6-9H2/b12-10+. The van der Waals surface area contributed by atoms with Crippen LogP contribution >= 0.6 is 0 Å². The summed E-state index contributed by atoms with van der Waals surface area (Å²) in [5.74, 6) is 0.0619. The molecule has 1 N–H and O–H groups in total. The first-order chi connectivity index (χ1) is 7.79. The molecule has 3 nitrogen and oxygen atoms in total. The van der Waals surface area contributed by atoms with Gasteiger partial charge < -0.3 is 5.11 Å². The van der Waals surface area contributed by atoms with Crippen molar-refractivity contribution in [2.45, 2.75) is 13.0 Å². The fourth-order valence-corrected chi connectivity index (χ4v) is 1.92. The molecule has 0 atom stereocenters. The molecule has 0 amide bonds. The number of benzene rings is 1. The van der Waals surface area contributed by atoms with E-state index in [0.717, 1.165) is 19.4 Å². The van der Waals surface area contributed by atoms with E-state index in [1.165, 1.54) is 5.56 Å². The summed E-state index contributed by atoms with van der Waals surface area (Å²) in [7, 11) is 0. The van der Waals surface area contributed by atoms with Crippen molar-refractivity contribution in [3.05, 3.63) is 47.7 Å². The summed E-state index contributed by atoms with van der Waals surface area (Å²) in [6, 6.07) is 10.1. The van der Waals surface area contributed by atoms with Crippen LogP contribution in [0.15, 0.2) is 42.2 Å². The summed E-state index contributed by atoms with van der Waals surface area (Å²) in [6.07, 6.45) is 1.44. The number of aliphatic hydroxyl groups excluding tert-OH is 1. The zero-order chi connectivity index (χ0) is 11.4. The average molecular weight is 217 g/mol. The molecular weight excluding hydrogens is 202 g/mol. The second-order valence-corrected chi connectivity index (χ2v) is 4.02. The minimum Gasteiger partial charge on any atom is -0.515 e. The predicted octanol–water partition coefficient (Wildman–Crippen LogP) is 1.90. The van der Waals surface area contributed by atoms with Crippen LogP contribution in [0.3, 0.4) is 0 Å². The first-order valence-corrected chi connectivity index (χ1v) is 5.42. The third-order valence-electron chi connectivity index (χ3n) is 2.81. The Balaban J connectivity index is 2.00. The molecular formula is C13H15NO2. The lowest BCUT2D eigenvalue weighted by Gasteiger charge is -2.27. The minimum atomic E-state index is 0.0619. The molecule has 1 aromatic carbocycles. The maximum absolute atomic E-state index is 11.4. The topological polar surface area (TPSA) is 40.5 Å². The Morgan fingerprint density at radius 2 is 2.06 bits per heavy atom. The van der Waals surface area contributed by atoms with E-state index in [1.807, 2.05) is 18.2 Å². The number of aliphatic hydroxyl groups is 1. The minimum absolute atomic E-state index is 0.0619. The Morgan fingerprint density at radius 3 is 2.75 bits per heavy atom. The molecule has 1 heterocycles. The normalized spacial score (nSPS) is 20.2. The highest BCUT2D eigenvalue weighted by Crippen LogP contribution is 2.14. The molecule has 3 heteroatoms. The first-order valence-electron chi connectivity index (χ1n) is 5.42. The highest BCUT2D eigenvalue weighted by atomic mass is 16.2. The number of likely N-dealkylation sites (tertiary alicyclic amines) is 1. The van der Waals surface area contributed by atoms with E-state index >= 15 is 0 Å². The number of Topliss-reactive ketones (excluding diaryl/α,β-unsaturated/α-hetero) is 1. The molecule has 0 spiro atoms. The van der Waals surface area contributed by atoms with Gasteiger partial charge in [0.15, 0.2) is 5.78 Å². The average Bonchev–Trinajstić information content (AvgIpc) is 2.33. The Morgan fingerprint density at radius 1 is 1.31 bits per heavy atom. The zero-order valence-electron chi connectivity index (χ0n) is 9.10. The van der Waals surface area contributed by atoms with Gasteiger partial charge in [0.05, 0.1) is 6.26 Å². The van der Waals surface area contributed by atoms with Crippen LogP contribution in [0.5, 0.6) is 0 Å². The number of hydrogen-bond acceptors (Lipinski definition) is 3. The third-order valence-corrected chi connectivity index (χ3v) is 2.81. The van der Waals surface area contributed by atoms with Gasteiger partial charge in [0.1, 0.15) is 0 Å². The molecule has 0 aromatic heterocycles. The van der Waals surface area contributed by atoms with Gasteiger partial charge in [-0.2, -0.15) is 0 Å².